The number of nitrogen functional groups attached to an aromatic ring is 1. The molecular weight excluding hydrogens is 599 g/mol. The number of ether oxygens (including phenoxy) is 1. The molecule has 236 valence electrons. The highest BCUT2D eigenvalue weighted by atomic mass is 32.2. The number of carbonyl (C=O) groups excluding carboxylic acids is 1. The lowest BCUT2D eigenvalue weighted by Gasteiger charge is -2.33. The zero-order valence-corrected chi connectivity index (χ0v) is 26.0. The molecule has 0 radical (unpaired) electrons. The molecule has 0 saturated carbocycles. The molecule has 10 nitrogen and oxygen atoms in total. The van der Waals surface area contributed by atoms with E-state index in [-0.39, 0.29) is 40.5 Å². The fourth-order valence-corrected chi connectivity index (χ4v) is 7.13. The van der Waals surface area contributed by atoms with E-state index in [2.05, 4.69) is 10.3 Å². The summed E-state index contributed by atoms with van der Waals surface area (Å²) in [4.78, 5) is 32.6. The maximum atomic E-state index is 16.1. The minimum absolute atomic E-state index is 0.0116. The van der Waals surface area contributed by atoms with Gasteiger partial charge in [0.25, 0.3) is 0 Å². The lowest BCUT2D eigenvalue weighted by molar-refractivity contribution is -0.143. The smallest absolute Gasteiger partial charge is 0.309 e. The molecule has 1 aromatic heterocycles. The molecule has 1 saturated heterocycles. The Balaban J connectivity index is 1.67. The van der Waals surface area contributed by atoms with Crippen LogP contribution in [0.15, 0.2) is 71.8 Å². The van der Waals surface area contributed by atoms with E-state index in [0.29, 0.717) is 23.3 Å². The summed E-state index contributed by atoms with van der Waals surface area (Å²) in [6.45, 7) is 3.41. The Kier molecular flexibility index (Phi) is 8.96. The third-order valence-corrected chi connectivity index (χ3v) is 10.2. The summed E-state index contributed by atoms with van der Waals surface area (Å²) in [5.74, 6) is -3.51. The number of benzene rings is 3. The molecule has 3 atom stereocenters. The number of sulfone groups is 1. The molecule has 0 bridgehead atoms. The van der Waals surface area contributed by atoms with Gasteiger partial charge >= 0.3 is 5.97 Å². The Bertz CT molecular complexity index is 1880. The van der Waals surface area contributed by atoms with Gasteiger partial charge in [0.05, 0.1) is 29.7 Å². The number of nitrogens with two attached hydrogens (primary N) is 1. The largest absolute Gasteiger partial charge is 0.494 e. The summed E-state index contributed by atoms with van der Waals surface area (Å²) in [6.07, 6.45) is 2.17. The van der Waals surface area contributed by atoms with E-state index in [1.165, 1.54) is 25.0 Å². The number of carboxylic acid groups (broad SMARTS) is 1. The van der Waals surface area contributed by atoms with Crippen molar-refractivity contribution < 1.29 is 32.2 Å². The number of nitrogens with zero attached hydrogens (tertiary/aromatic N) is 2. The summed E-state index contributed by atoms with van der Waals surface area (Å²) < 4.78 is 47.6. The number of aliphatic carboxylic acids is 1. The zero-order chi connectivity index (χ0) is 32.5. The Labute approximate surface area is 260 Å². The van der Waals surface area contributed by atoms with E-state index in [9.17, 15) is 23.1 Å². The number of nitrogens with one attached hydrogen (secondary N) is 1. The summed E-state index contributed by atoms with van der Waals surface area (Å²) in [6, 6.07) is 13.8. The number of carbonyl (C=O) groups is 2. The van der Waals surface area contributed by atoms with E-state index >= 15 is 4.39 Å². The quantitative estimate of drug-likeness (QED) is 0.215. The van der Waals surface area contributed by atoms with Gasteiger partial charge in [0.2, 0.25) is 5.91 Å². The van der Waals surface area contributed by atoms with Gasteiger partial charge in [-0.2, -0.15) is 0 Å². The number of hydrogen-bond acceptors (Lipinski definition) is 8. The monoisotopic (exact) mass is 634 g/mol. The maximum absolute atomic E-state index is 16.1. The van der Waals surface area contributed by atoms with Crippen LogP contribution in [0.2, 0.25) is 0 Å². The highest BCUT2D eigenvalue weighted by Gasteiger charge is 2.46. The average molecular weight is 635 g/mol. The van der Waals surface area contributed by atoms with Crippen molar-refractivity contribution in [2.45, 2.75) is 43.7 Å². The van der Waals surface area contributed by atoms with Crippen LogP contribution in [0.25, 0.3) is 10.8 Å². The first-order chi connectivity index (χ1) is 21.5. The van der Waals surface area contributed by atoms with Gasteiger partial charge in [0.15, 0.2) is 21.4 Å². The second-order valence-electron chi connectivity index (χ2n) is 10.9. The zero-order valence-electron chi connectivity index (χ0n) is 25.2. The van der Waals surface area contributed by atoms with Crippen molar-refractivity contribution >= 4 is 44.0 Å². The molecule has 0 spiro atoms. The molecule has 3 aromatic carbocycles. The molecule has 1 amide bonds. The van der Waals surface area contributed by atoms with Crippen LogP contribution >= 0.6 is 0 Å². The number of likely N-dealkylation sites (tertiary alicyclic amines) is 1. The highest BCUT2D eigenvalue weighted by Crippen LogP contribution is 2.43. The normalized spacial score (nSPS) is 17.3. The predicted molar refractivity (Wildman–Crippen MR) is 169 cm³/mol. The molecule has 4 N–H and O–H groups in total. The van der Waals surface area contributed by atoms with Crippen molar-refractivity contribution in [1.82, 2.24) is 9.88 Å². The number of rotatable bonds is 10. The van der Waals surface area contributed by atoms with Crippen LogP contribution in [0.1, 0.15) is 49.0 Å². The van der Waals surface area contributed by atoms with Crippen molar-refractivity contribution in [3.05, 3.63) is 89.4 Å². The van der Waals surface area contributed by atoms with Gasteiger partial charge in [0, 0.05) is 29.4 Å². The second-order valence-corrected chi connectivity index (χ2v) is 13.2. The standard InChI is InChI=1S/C33H35FN4O6S/c1-4-19-16-25(28(34)26(17-19)44-3)29(37-21-10-11-22-20(18-21)12-14-36-31(22)35)32(39)38-15-13-24(33(40)41)30(38)23-8-6-7-9-27(23)45(42,43)5-2/h6-12,14,16-18,24,29-30,37H,4-5,13,15H2,1-3H3,(H2,35,36)(H,40,41)/t24?,29-,30?/m1/s1. The number of hydrogen-bond donors (Lipinski definition) is 3. The SMILES string of the molecule is CCc1cc(OC)c(F)c([C@@H](Nc2ccc3c(N)nccc3c2)C(=O)N2CCC(C(=O)O)C2c2ccccc2S(=O)(=O)CC)c1. The third kappa shape index (κ3) is 6.02. The van der Waals surface area contributed by atoms with Crippen molar-refractivity contribution in [2.24, 2.45) is 5.92 Å². The molecule has 2 unspecified atom stereocenters. The van der Waals surface area contributed by atoms with Gasteiger partial charge in [0.1, 0.15) is 11.9 Å². The topological polar surface area (TPSA) is 152 Å². The van der Waals surface area contributed by atoms with Gasteiger partial charge < -0.3 is 25.8 Å². The predicted octanol–water partition coefficient (Wildman–Crippen LogP) is 5.15. The number of methoxy groups -OCH3 is 1. The number of aryl methyl sites for hydroxylation is 1. The number of carboxylic acids is 1. The molecule has 5 rings (SSSR count). The van der Waals surface area contributed by atoms with E-state index < -0.39 is 45.5 Å². The fraction of sp³-hybridized carbons (Fsp3) is 0.303. The molecule has 1 aliphatic rings. The lowest BCUT2D eigenvalue weighted by atomic mass is 9.93. The Hall–Kier alpha value is -4.71. The van der Waals surface area contributed by atoms with Crippen molar-refractivity contribution in [2.75, 3.05) is 30.5 Å². The molecule has 45 heavy (non-hydrogen) atoms. The summed E-state index contributed by atoms with van der Waals surface area (Å²) in [5, 5.41) is 14.8. The van der Waals surface area contributed by atoms with Gasteiger partial charge in [-0.25, -0.2) is 17.8 Å². The summed E-state index contributed by atoms with van der Waals surface area (Å²) in [5.41, 5.74) is 7.45. The van der Waals surface area contributed by atoms with E-state index in [4.69, 9.17) is 10.5 Å². The van der Waals surface area contributed by atoms with Gasteiger partial charge in [-0.1, -0.05) is 38.1 Å². The number of halogens is 1. The Morgan fingerprint density at radius 3 is 2.60 bits per heavy atom. The number of aromatic nitrogens is 1. The maximum Gasteiger partial charge on any atom is 0.309 e. The third-order valence-electron chi connectivity index (χ3n) is 8.37. The van der Waals surface area contributed by atoms with Crippen LogP contribution in [0.4, 0.5) is 15.9 Å². The molecular formula is C33H35FN4O6S. The van der Waals surface area contributed by atoms with Gasteiger partial charge in [-0.05, 0) is 65.8 Å². The summed E-state index contributed by atoms with van der Waals surface area (Å²) >= 11 is 0. The van der Waals surface area contributed by atoms with E-state index in [1.807, 2.05) is 6.92 Å². The van der Waals surface area contributed by atoms with Crippen LogP contribution in [-0.4, -0.2) is 54.7 Å². The number of pyridine rings is 1. The van der Waals surface area contributed by atoms with Gasteiger partial charge in [-0.3, -0.25) is 9.59 Å². The summed E-state index contributed by atoms with van der Waals surface area (Å²) in [7, 11) is -2.43. The minimum atomic E-state index is -3.77. The first-order valence-corrected chi connectivity index (χ1v) is 16.3. The Morgan fingerprint density at radius 1 is 1.16 bits per heavy atom. The van der Waals surface area contributed by atoms with Crippen LogP contribution in [-0.2, 0) is 25.8 Å². The van der Waals surface area contributed by atoms with E-state index in [1.54, 1.807) is 60.8 Å². The molecule has 0 aliphatic carbocycles. The number of fused-ring (bicyclic) bond motifs is 1. The lowest BCUT2D eigenvalue weighted by Crippen LogP contribution is -2.40. The first-order valence-electron chi connectivity index (χ1n) is 14.6. The van der Waals surface area contributed by atoms with E-state index in [0.717, 1.165) is 10.9 Å². The van der Waals surface area contributed by atoms with Crippen molar-refractivity contribution in [1.29, 1.82) is 0 Å². The Morgan fingerprint density at radius 2 is 1.91 bits per heavy atom. The van der Waals surface area contributed by atoms with Gasteiger partial charge in [-0.15, -0.1) is 0 Å². The average Bonchev–Trinajstić information content (AvgIpc) is 3.49. The van der Waals surface area contributed by atoms with Crippen LogP contribution < -0.4 is 15.8 Å². The first kappa shape index (κ1) is 31.7. The fourth-order valence-electron chi connectivity index (χ4n) is 5.98. The number of anilines is 2. The molecule has 4 aromatic rings. The minimum Gasteiger partial charge on any atom is -0.494 e. The number of amides is 1. The van der Waals surface area contributed by atoms with Crippen LogP contribution in [0, 0.1) is 11.7 Å². The second kappa shape index (κ2) is 12.7. The molecule has 12 heteroatoms. The van der Waals surface area contributed by atoms with Crippen molar-refractivity contribution in [3.8, 4) is 5.75 Å². The highest BCUT2D eigenvalue weighted by molar-refractivity contribution is 7.91. The molecule has 1 fully saturated rings. The van der Waals surface area contributed by atoms with Crippen LogP contribution in [0.5, 0.6) is 5.75 Å². The van der Waals surface area contributed by atoms with Crippen LogP contribution in [0.3, 0.4) is 0 Å². The van der Waals surface area contributed by atoms with Crippen molar-refractivity contribution in [3.63, 3.8) is 0 Å². The molecule has 1 aliphatic heterocycles. The molecule has 2 heterocycles.